The van der Waals surface area contributed by atoms with Crippen molar-refractivity contribution in [3.8, 4) is 0 Å². The second-order valence-corrected chi connectivity index (χ2v) is 4.99. The molecule has 2 fully saturated rings. The van der Waals surface area contributed by atoms with Crippen LogP contribution >= 0.6 is 0 Å². The van der Waals surface area contributed by atoms with Crippen LogP contribution in [0.4, 0.5) is 5.82 Å². The van der Waals surface area contributed by atoms with E-state index in [1.54, 1.807) is 6.20 Å². The summed E-state index contributed by atoms with van der Waals surface area (Å²) in [7, 11) is 0. The van der Waals surface area contributed by atoms with Crippen LogP contribution in [0.3, 0.4) is 0 Å². The Hall–Kier alpha value is -1.58. The number of hydrogen-bond donors (Lipinski definition) is 1. The topological polar surface area (TPSA) is 53.4 Å². The molecule has 90 valence electrons. The van der Waals surface area contributed by atoms with Crippen LogP contribution in [0, 0.1) is 0 Å². The maximum Gasteiger partial charge on any atom is 0.314 e. The van der Waals surface area contributed by atoms with E-state index in [1.165, 1.54) is 12.8 Å². The molecular weight excluding hydrogens is 216 g/mol. The molecule has 0 radical (unpaired) electrons. The molecule has 1 N–H and O–H groups in total. The third kappa shape index (κ3) is 1.68. The Labute approximate surface area is 100 Å². The van der Waals surface area contributed by atoms with Crippen LogP contribution < -0.4 is 4.90 Å². The van der Waals surface area contributed by atoms with Gasteiger partial charge in [0.25, 0.3) is 0 Å². The van der Waals surface area contributed by atoms with Crippen molar-refractivity contribution in [1.82, 2.24) is 4.98 Å². The number of rotatable bonds is 3. The van der Waals surface area contributed by atoms with E-state index >= 15 is 0 Å². The molecule has 1 aliphatic carbocycles. The molecule has 1 saturated carbocycles. The zero-order valence-electron chi connectivity index (χ0n) is 9.72. The average molecular weight is 232 g/mol. The van der Waals surface area contributed by atoms with Crippen LogP contribution in [0.5, 0.6) is 0 Å². The fraction of sp³-hybridized carbons (Fsp3) is 0.538. The zero-order chi connectivity index (χ0) is 11.9. The summed E-state index contributed by atoms with van der Waals surface area (Å²) in [5.74, 6) is 0.265. The first-order chi connectivity index (χ1) is 8.22. The Kier molecular flexibility index (Phi) is 2.31. The largest absolute Gasteiger partial charge is 0.481 e. The van der Waals surface area contributed by atoms with Gasteiger partial charge >= 0.3 is 5.97 Å². The molecule has 0 aromatic carbocycles. The highest BCUT2D eigenvalue weighted by atomic mass is 16.4. The van der Waals surface area contributed by atoms with Crippen LogP contribution in [0.25, 0.3) is 0 Å². The van der Waals surface area contributed by atoms with E-state index in [4.69, 9.17) is 0 Å². The average Bonchev–Trinajstić information content (AvgIpc) is 2.98. The lowest BCUT2D eigenvalue weighted by Crippen LogP contribution is -2.21. The molecule has 1 saturated heterocycles. The van der Waals surface area contributed by atoms with Crippen LogP contribution in [-0.2, 0) is 10.2 Å². The Morgan fingerprint density at radius 2 is 2.00 bits per heavy atom. The molecule has 4 nitrogen and oxygen atoms in total. The van der Waals surface area contributed by atoms with Gasteiger partial charge < -0.3 is 10.0 Å². The first-order valence-corrected chi connectivity index (χ1v) is 6.17. The first kappa shape index (κ1) is 10.6. The molecule has 4 heteroatoms. The van der Waals surface area contributed by atoms with E-state index in [-0.39, 0.29) is 0 Å². The highest BCUT2D eigenvalue weighted by Gasteiger charge is 2.51. The molecule has 3 rings (SSSR count). The molecular formula is C13H16N2O2. The molecule has 1 aromatic rings. The van der Waals surface area contributed by atoms with Gasteiger partial charge in [-0.05, 0) is 37.3 Å². The molecule has 0 amide bonds. The maximum absolute atomic E-state index is 11.2. The number of aliphatic carboxylic acids is 1. The van der Waals surface area contributed by atoms with Gasteiger partial charge in [0, 0.05) is 19.3 Å². The standard InChI is InChI=1S/C13H16N2O2/c16-12(17)13(5-6-13)10-3-4-11(14-9-10)15-7-1-2-8-15/h3-4,9H,1-2,5-8H2,(H,16,17). The molecule has 17 heavy (non-hydrogen) atoms. The SMILES string of the molecule is O=C(O)C1(c2ccc(N3CCCC3)nc2)CC1. The lowest BCUT2D eigenvalue weighted by molar-refractivity contribution is -0.140. The lowest BCUT2D eigenvalue weighted by atomic mass is 9.98. The van der Waals surface area contributed by atoms with Crippen LogP contribution in [-0.4, -0.2) is 29.1 Å². The second kappa shape index (κ2) is 3.72. The minimum atomic E-state index is -0.715. The van der Waals surface area contributed by atoms with E-state index in [1.807, 2.05) is 12.1 Å². The summed E-state index contributed by atoms with van der Waals surface area (Å²) >= 11 is 0. The quantitative estimate of drug-likeness (QED) is 0.863. The van der Waals surface area contributed by atoms with E-state index in [9.17, 15) is 9.90 Å². The van der Waals surface area contributed by atoms with Crippen molar-refractivity contribution < 1.29 is 9.90 Å². The van der Waals surface area contributed by atoms with Gasteiger partial charge in [-0.1, -0.05) is 6.07 Å². The second-order valence-electron chi connectivity index (χ2n) is 4.99. The molecule has 0 atom stereocenters. The van der Waals surface area contributed by atoms with Gasteiger partial charge in [-0.3, -0.25) is 4.79 Å². The van der Waals surface area contributed by atoms with Gasteiger partial charge in [0.05, 0.1) is 5.41 Å². The smallest absolute Gasteiger partial charge is 0.314 e. The van der Waals surface area contributed by atoms with Crippen LogP contribution in [0.2, 0.25) is 0 Å². The van der Waals surface area contributed by atoms with Crippen molar-refractivity contribution in [2.24, 2.45) is 0 Å². The van der Waals surface area contributed by atoms with Gasteiger partial charge in [0.15, 0.2) is 0 Å². The van der Waals surface area contributed by atoms with Gasteiger partial charge in [-0.25, -0.2) is 4.98 Å². The number of carboxylic acids is 1. The first-order valence-electron chi connectivity index (χ1n) is 6.17. The number of carbonyl (C=O) groups is 1. The predicted octanol–water partition coefficient (Wildman–Crippen LogP) is 1.80. The Balaban J connectivity index is 1.83. The summed E-state index contributed by atoms with van der Waals surface area (Å²) < 4.78 is 0. The van der Waals surface area contributed by atoms with Gasteiger partial charge in [-0.15, -0.1) is 0 Å². The van der Waals surface area contributed by atoms with E-state index in [0.29, 0.717) is 0 Å². The van der Waals surface area contributed by atoms with Crippen molar-refractivity contribution in [2.45, 2.75) is 31.1 Å². The van der Waals surface area contributed by atoms with Crippen LogP contribution in [0.1, 0.15) is 31.2 Å². The van der Waals surface area contributed by atoms with Gasteiger partial charge in [0.2, 0.25) is 0 Å². The van der Waals surface area contributed by atoms with Crippen molar-refractivity contribution in [3.63, 3.8) is 0 Å². The number of carboxylic acid groups (broad SMARTS) is 1. The van der Waals surface area contributed by atoms with Crippen molar-refractivity contribution in [3.05, 3.63) is 23.9 Å². The molecule has 0 spiro atoms. The van der Waals surface area contributed by atoms with Crippen LogP contribution in [0.15, 0.2) is 18.3 Å². The molecule has 2 heterocycles. The highest BCUT2D eigenvalue weighted by molar-refractivity contribution is 5.84. The monoisotopic (exact) mass is 232 g/mol. The summed E-state index contributed by atoms with van der Waals surface area (Å²) in [5, 5.41) is 9.20. The molecule has 1 aliphatic heterocycles. The highest BCUT2D eigenvalue weighted by Crippen LogP contribution is 2.48. The number of hydrogen-bond acceptors (Lipinski definition) is 3. The minimum absolute atomic E-state index is 0.628. The summed E-state index contributed by atoms with van der Waals surface area (Å²) in [6.45, 7) is 2.13. The third-order valence-electron chi connectivity index (χ3n) is 3.89. The molecule has 1 aromatic heterocycles. The normalized spacial score (nSPS) is 21.5. The molecule has 2 aliphatic rings. The molecule has 0 bridgehead atoms. The number of anilines is 1. The van der Waals surface area contributed by atoms with Gasteiger partial charge in [-0.2, -0.15) is 0 Å². The fourth-order valence-corrected chi connectivity index (χ4v) is 2.55. The van der Waals surface area contributed by atoms with Gasteiger partial charge in [0.1, 0.15) is 5.82 Å². The Bertz CT molecular complexity index is 431. The van der Waals surface area contributed by atoms with E-state index in [0.717, 1.165) is 37.3 Å². The summed E-state index contributed by atoms with van der Waals surface area (Å²) in [4.78, 5) is 17.9. The van der Waals surface area contributed by atoms with Crippen molar-refractivity contribution in [1.29, 1.82) is 0 Å². The van der Waals surface area contributed by atoms with Crippen molar-refractivity contribution in [2.75, 3.05) is 18.0 Å². The zero-order valence-corrected chi connectivity index (χ0v) is 9.72. The molecule has 0 unspecified atom stereocenters. The number of aromatic nitrogens is 1. The number of pyridine rings is 1. The van der Waals surface area contributed by atoms with Crippen molar-refractivity contribution >= 4 is 11.8 Å². The lowest BCUT2D eigenvalue weighted by Gasteiger charge is -2.17. The van der Waals surface area contributed by atoms with E-state index in [2.05, 4.69) is 9.88 Å². The fourth-order valence-electron chi connectivity index (χ4n) is 2.55. The van der Waals surface area contributed by atoms with E-state index < -0.39 is 11.4 Å². The summed E-state index contributed by atoms with van der Waals surface area (Å²) in [6.07, 6.45) is 5.68. The Morgan fingerprint density at radius 1 is 1.29 bits per heavy atom. The third-order valence-corrected chi connectivity index (χ3v) is 3.89. The maximum atomic E-state index is 11.2. The number of nitrogens with zero attached hydrogens (tertiary/aromatic N) is 2. The predicted molar refractivity (Wildman–Crippen MR) is 64.2 cm³/mol. The summed E-state index contributed by atoms with van der Waals surface area (Å²) in [5.41, 5.74) is 0.226. The minimum Gasteiger partial charge on any atom is -0.481 e. The Morgan fingerprint density at radius 3 is 2.47 bits per heavy atom. The summed E-state index contributed by atoms with van der Waals surface area (Å²) in [6, 6.07) is 3.89.